The average molecular weight is 1250 g/mol. The number of nitrogens with two attached hydrogens (primary N) is 1. The number of amides is 3. The first kappa shape index (κ1) is 88.9. The molecule has 0 spiro atoms. The highest BCUT2D eigenvalue weighted by atomic mass is 35.5. The molecule has 2 aromatic rings. The quantitative estimate of drug-likeness (QED) is 0.0139. The Hall–Kier alpha value is -6.30. The predicted molar refractivity (Wildman–Crippen MR) is 321 cm³/mol. The third kappa shape index (κ3) is 61.8. The molecule has 29 nitrogen and oxygen atoms in total. The molecule has 84 heavy (non-hydrogen) atoms. The van der Waals surface area contributed by atoms with Gasteiger partial charge in [-0.3, -0.25) is 29.8 Å². The minimum Gasteiger partial charge on any atom is -0.460 e. The van der Waals surface area contributed by atoms with Gasteiger partial charge in [0.05, 0.1) is 27.7 Å². The zero-order chi connectivity index (χ0) is 64.5. The number of hydrogen-bond acceptors (Lipinski definition) is 22. The molecule has 0 saturated carbocycles. The normalized spacial score (nSPS) is 11.7. The number of halogens is 2. The van der Waals surface area contributed by atoms with Gasteiger partial charge in [-0.1, -0.05) is 0 Å². The molecular weight excluding hydrogens is 1150 g/mol. The fourth-order valence-corrected chi connectivity index (χ4v) is 5.18. The first-order chi connectivity index (χ1) is 37.5. The summed E-state index contributed by atoms with van der Waals surface area (Å²) in [5.41, 5.74) is 6.61. The zero-order valence-corrected chi connectivity index (χ0v) is 54.6. The Morgan fingerprint density at radius 1 is 0.619 bits per heavy atom. The summed E-state index contributed by atoms with van der Waals surface area (Å²) in [4.78, 5) is 85.2. The molecule has 31 heteroatoms. The average Bonchev–Trinajstić information content (AvgIpc) is 3.91. The minimum absolute atomic E-state index is 0. The maximum Gasteiger partial charge on any atom is 0.407 e. The van der Waals surface area contributed by atoms with Gasteiger partial charge in [-0.15, -0.1) is 24.8 Å². The van der Waals surface area contributed by atoms with Crippen LogP contribution < -0.4 is 21.7 Å². The number of aromatic amines is 2. The van der Waals surface area contributed by atoms with Crippen molar-refractivity contribution < 1.29 is 72.5 Å². The number of hydrogen-bond donors (Lipinski definition) is 8. The van der Waals surface area contributed by atoms with Crippen LogP contribution in [0.1, 0.15) is 192 Å². The number of nitro groups is 2. The van der Waals surface area contributed by atoms with Gasteiger partial charge in [0.25, 0.3) is 0 Å². The van der Waals surface area contributed by atoms with Crippen molar-refractivity contribution in [2.45, 2.75) is 236 Å². The van der Waals surface area contributed by atoms with E-state index in [1.165, 1.54) is 19.9 Å². The molecule has 490 valence electrons. The second-order valence-electron chi connectivity index (χ2n) is 23.0. The lowest BCUT2D eigenvalue weighted by molar-refractivity contribution is -0.529. The summed E-state index contributed by atoms with van der Waals surface area (Å²) >= 11 is 0. The number of nitrogens with one attached hydrogen (secondary N) is 5. The SMILES string of the molecule is C/C(=C/CCNC(=O)OC(C)(C)C)[N+](=O)[O-].CC(C(O)CCNC(=O)OC(C)(C)C)[N+](=O)[O-].CC(C)(C)OC(=O)CCCC=O.CC(C)(C)OC(=O)CCCCO.Cc1n[nH]nc1CCN.Cc1n[nH]nc1CCNC(=O)OC(C)(C)C.Cl.Cl. The van der Waals surface area contributed by atoms with Crippen molar-refractivity contribution in [3.05, 3.63) is 54.8 Å². The largest absolute Gasteiger partial charge is 0.460 e. The molecule has 2 unspecified atom stereocenters. The number of aliphatic hydroxyl groups excluding tert-OH is 2. The molecule has 0 saturated heterocycles. The number of aryl methyl sites for hydroxylation is 2. The van der Waals surface area contributed by atoms with Gasteiger partial charge in [-0.25, -0.2) is 14.4 Å². The van der Waals surface area contributed by atoms with Crippen molar-refractivity contribution in [2.75, 3.05) is 32.8 Å². The maximum atomic E-state index is 11.3. The molecule has 2 heterocycles. The van der Waals surface area contributed by atoms with Gasteiger partial charge in [0.1, 0.15) is 40.4 Å². The van der Waals surface area contributed by atoms with Gasteiger partial charge in [0, 0.05) is 77.1 Å². The summed E-state index contributed by atoms with van der Waals surface area (Å²) in [6.45, 7) is 35.2. The molecule has 0 aliphatic carbocycles. The molecule has 3 amide bonds. The molecule has 9 N–H and O–H groups in total. The van der Waals surface area contributed by atoms with Gasteiger partial charge in [-0.05, 0) is 162 Å². The van der Waals surface area contributed by atoms with E-state index in [0.717, 1.165) is 35.5 Å². The Bertz CT molecular complexity index is 2180. The predicted octanol–water partition coefficient (Wildman–Crippen LogP) is 7.84. The summed E-state index contributed by atoms with van der Waals surface area (Å²) in [7, 11) is 0. The van der Waals surface area contributed by atoms with Crippen LogP contribution in [-0.4, -0.2) is 160 Å². The van der Waals surface area contributed by atoms with Gasteiger partial charge in [0.2, 0.25) is 11.7 Å². The molecule has 2 aromatic heterocycles. The summed E-state index contributed by atoms with van der Waals surface area (Å²) in [5.74, 6) is -0.416. The van der Waals surface area contributed by atoms with Crippen molar-refractivity contribution >= 4 is 61.3 Å². The number of carbonyl (C=O) groups is 6. The number of nitrogens with zero attached hydrogens (tertiary/aromatic N) is 6. The van der Waals surface area contributed by atoms with Crippen LogP contribution in [0.15, 0.2) is 11.8 Å². The Balaban J connectivity index is -0.000000218. The highest BCUT2D eigenvalue weighted by Crippen LogP contribution is 2.12. The molecule has 0 radical (unpaired) electrons. The summed E-state index contributed by atoms with van der Waals surface area (Å²) < 4.78 is 25.1. The first-order valence-corrected chi connectivity index (χ1v) is 26.9. The summed E-state index contributed by atoms with van der Waals surface area (Å²) in [6, 6.07) is -1.05. The monoisotopic (exact) mass is 1250 g/mol. The number of allylic oxidation sites excluding steroid dienone is 1. The number of H-pyrrole nitrogens is 2. The topological polar surface area (TPSA) is 421 Å². The number of rotatable bonds is 22. The minimum atomic E-state index is -1.08. The van der Waals surface area contributed by atoms with Crippen LogP contribution in [-0.2, 0) is 50.9 Å². The van der Waals surface area contributed by atoms with E-state index in [1.54, 1.807) is 41.5 Å². The van der Waals surface area contributed by atoms with Gasteiger partial charge >= 0.3 is 30.2 Å². The van der Waals surface area contributed by atoms with E-state index in [0.29, 0.717) is 71.0 Å². The van der Waals surface area contributed by atoms with Crippen molar-refractivity contribution in [3.8, 4) is 0 Å². The third-order valence-corrected chi connectivity index (χ3v) is 8.92. The number of aromatic nitrogens is 6. The van der Waals surface area contributed by atoms with E-state index in [4.69, 9.17) is 34.5 Å². The number of unbranched alkanes of at least 4 members (excludes halogenated alkanes) is 2. The van der Waals surface area contributed by atoms with E-state index in [9.17, 15) is 54.1 Å². The first-order valence-electron chi connectivity index (χ1n) is 26.9. The molecule has 2 rings (SSSR count). The van der Waals surface area contributed by atoms with E-state index in [1.807, 2.05) is 76.2 Å². The highest BCUT2D eigenvalue weighted by molar-refractivity contribution is 5.85. The van der Waals surface area contributed by atoms with Gasteiger partial charge in [-0.2, -0.15) is 30.8 Å². The molecule has 0 bridgehead atoms. The molecule has 0 aliphatic heterocycles. The van der Waals surface area contributed by atoms with Crippen molar-refractivity contribution in [2.24, 2.45) is 5.73 Å². The van der Waals surface area contributed by atoms with Gasteiger partial charge < -0.3 is 60.4 Å². The standard InChI is InChI=1S/C10H18N4O2.C10H20N2O5.C10H18N2O4.C9H18O3.C9H16O3.C5H10N4.2ClH/c1-7-8(13-14-12-7)5-6-11-9(15)16-10(2,3)4;1-7(12(15)16)8(13)5-6-11-9(14)17-10(2,3)4;1-8(12(14)15)6-5-7-11-9(13)16-10(2,3)4;2*1-9(2,3)12-8(11)6-4-5-7-10;1-4-5(2-3-6)8-9-7-4;;/h5-6H2,1-4H3,(H,11,15)(H,12,13,14);7-8,13H,5-6H2,1-4H3,(H,11,14);6H,5,7H2,1-4H3,(H,11,13);10H,4-7H2,1-3H3;7H,4-6H2,1-3H3;2-3,6H2,1H3,(H,7,8,9);2*1H/b;;8-6-;;;;;. The van der Waals surface area contributed by atoms with Crippen LogP contribution >= 0.6 is 24.8 Å². The van der Waals surface area contributed by atoms with E-state index in [2.05, 4.69) is 46.8 Å². The zero-order valence-electron chi connectivity index (χ0n) is 53.0. The van der Waals surface area contributed by atoms with E-state index >= 15 is 0 Å². The van der Waals surface area contributed by atoms with Crippen molar-refractivity contribution in [1.29, 1.82) is 0 Å². The Labute approximate surface area is 508 Å². The van der Waals surface area contributed by atoms with Crippen LogP contribution in [0.25, 0.3) is 0 Å². The lowest BCUT2D eigenvalue weighted by atomic mass is 10.1. The molecular formula is C53H102Cl2N12O17. The molecule has 0 aliphatic rings. The number of ether oxygens (including phenoxy) is 5. The van der Waals surface area contributed by atoms with Crippen LogP contribution in [0.5, 0.6) is 0 Å². The second kappa shape index (κ2) is 47.0. The smallest absolute Gasteiger partial charge is 0.407 e. The number of esters is 2. The number of aldehydes is 1. The molecule has 2 atom stereocenters. The summed E-state index contributed by atoms with van der Waals surface area (Å²) in [5, 5.41) is 66.7. The number of carbonyl (C=O) groups excluding carboxylic acids is 6. The maximum absolute atomic E-state index is 11.3. The van der Waals surface area contributed by atoms with Gasteiger partial charge in [0.15, 0.2) is 0 Å². The van der Waals surface area contributed by atoms with Crippen LogP contribution in [0.2, 0.25) is 0 Å². The lowest BCUT2D eigenvalue weighted by Gasteiger charge is -2.20. The Morgan fingerprint density at radius 2 is 1.00 bits per heavy atom. The molecule has 0 fully saturated rings. The van der Waals surface area contributed by atoms with E-state index < -0.39 is 68.3 Å². The van der Waals surface area contributed by atoms with Crippen molar-refractivity contribution in [1.82, 2.24) is 46.8 Å². The third-order valence-electron chi connectivity index (χ3n) is 8.92. The number of aliphatic hydroxyl groups is 2. The fourth-order valence-electron chi connectivity index (χ4n) is 5.18. The fraction of sp³-hybridized carbons (Fsp3) is 0.774. The Morgan fingerprint density at radius 3 is 1.33 bits per heavy atom. The van der Waals surface area contributed by atoms with Crippen LogP contribution in [0.4, 0.5) is 14.4 Å². The van der Waals surface area contributed by atoms with Crippen LogP contribution in [0.3, 0.4) is 0 Å². The van der Waals surface area contributed by atoms with Crippen LogP contribution in [0, 0.1) is 34.1 Å². The molecule has 0 aromatic carbocycles. The van der Waals surface area contributed by atoms with E-state index in [-0.39, 0.29) is 62.0 Å². The Kier molecular flexibility index (Phi) is 49.8. The second-order valence-corrected chi connectivity index (χ2v) is 23.0. The number of alkyl carbamates (subject to hydrolysis) is 3. The van der Waals surface area contributed by atoms with Crippen molar-refractivity contribution in [3.63, 3.8) is 0 Å². The highest BCUT2D eigenvalue weighted by Gasteiger charge is 2.25. The lowest BCUT2D eigenvalue weighted by Crippen LogP contribution is -2.37. The summed E-state index contributed by atoms with van der Waals surface area (Å²) in [6.07, 6.45) is 4.74.